The molecule has 1 saturated heterocycles. The number of rotatable bonds is 3. The molecule has 0 unspecified atom stereocenters. The van der Waals surface area contributed by atoms with E-state index >= 15 is 0 Å². The number of methoxy groups -OCH3 is 2. The van der Waals surface area contributed by atoms with Gasteiger partial charge in [0.2, 0.25) is 0 Å². The summed E-state index contributed by atoms with van der Waals surface area (Å²) in [5.74, 6) is 2.17. The molecule has 0 bridgehead atoms. The zero-order chi connectivity index (χ0) is 17.4. The summed E-state index contributed by atoms with van der Waals surface area (Å²) >= 11 is 0. The van der Waals surface area contributed by atoms with Gasteiger partial charge in [-0.15, -0.1) is 0 Å². The van der Waals surface area contributed by atoms with Gasteiger partial charge in [0.05, 0.1) is 14.2 Å². The molecule has 1 aromatic heterocycles. The van der Waals surface area contributed by atoms with E-state index in [2.05, 4.69) is 21.3 Å². The summed E-state index contributed by atoms with van der Waals surface area (Å²) < 4.78 is 10.9. The maximum atomic E-state index is 9.88. The third-order valence-electron chi connectivity index (χ3n) is 4.93. The number of anilines is 1. The van der Waals surface area contributed by atoms with Gasteiger partial charge in [-0.1, -0.05) is 0 Å². The van der Waals surface area contributed by atoms with Crippen molar-refractivity contribution >= 4 is 5.82 Å². The monoisotopic (exact) mass is 336 g/mol. The number of fused-ring (bicyclic) bond motifs is 3. The molecule has 0 radical (unpaired) electrons. The highest BCUT2D eigenvalue weighted by Gasteiger charge is 2.28. The number of nitriles is 1. The van der Waals surface area contributed by atoms with Crippen molar-refractivity contribution in [3.8, 4) is 28.7 Å². The minimum atomic E-state index is 0.658. The van der Waals surface area contributed by atoms with E-state index in [9.17, 15) is 5.26 Å². The Balaban J connectivity index is 1.87. The van der Waals surface area contributed by atoms with Crippen LogP contribution in [0.5, 0.6) is 11.5 Å². The van der Waals surface area contributed by atoms with Crippen LogP contribution in [-0.2, 0) is 6.42 Å². The maximum Gasteiger partial charge on any atom is 0.161 e. The number of hydrogen-bond acceptors (Lipinski definition) is 6. The van der Waals surface area contributed by atoms with Crippen molar-refractivity contribution in [2.45, 2.75) is 6.42 Å². The molecule has 2 aliphatic rings. The molecule has 0 spiro atoms. The molecule has 25 heavy (non-hydrogen) atoms. The summed E-state index contributed by atoms with van der Waals surface area (Å²) in [6.07, 6.45) is 2.67. The van der Waals surface area contributed by atoms with Crippen LogP contribution in [0.15, 0.2) is 18.3 Å². The second-order valence-corrected chi connectivity index (χ2v) is 6.25. The van der Waals surface area contributed by atoms with Crippen LogP contribution >= 0.6 is 0 Å². The van der Waals surface area contributed by atoms with Crippen LogP contribution in [0.25, 0.3) is 11.1 Å². The summed E-state index contributed by atoms with van der Waals surface area (Å²) in [6.45, 7) is 3.54. The average molecular weight is 336 g/mol. The van der Waals surface area contributed by atoms with Crippen molar-refractivity contribution in [3.05, 3.63) is 35.0 Å². The number of pyridine rings is 1. The topological polar surface area (TPSA) is 70.4 Å². The number of benzene rings is 1. The lowest BCUT2D eigenvalue weighted by Gasteiger charge is -2.29. The minimum absolute atomic E-state index is 0.658. The van der Waals surface area contributed by atoms with Crippen molar-refractivity contribution < 1.29 is 9.47 Å². The molecule has 1 fully saturated rings. The third-order valence-corrected chi connectivity index (χ3v) is 4.93. The molecular formula is C19H20N4O2. The molecular weight excluding hydrogens is 316 g/mol. The summed E-state index contributed by atoms with van der Waals surface area (Å²) in [6, 6.07) is 6.38. The van der Waals surface area contributed by atoms with E-state index in [1.807, 2.05) is 18.3 Å². The SMILES string of the molecule is COc1cc2c(cc1OC)-c1c(cnc(N3CCNCC3)c1C#N)C2. The standard InChI is InChI=1S/C19H20N4O2/c1-24-16-8-12-7-13-11-22-19(23-5-3-21-4-6-23)15(10-20)18(13)14(12)9-17(16)25-2/h8-9,11,21H,3-7H2,1-2H3. The van der Waals surface area contributed by atoms with E-state index in [-0.39, 0.29) is 0 Å². The lowest BCUT2D eigenvalue weighted by molar-refractivity contribution is 0.355. The second-order valence-electron chi connectivity index (χ2n) is 6.25. The van der Waals surface area contributed by atoms with Gasteiger partial charge in [-0.25, -0.2) is 4.98 Å². The zero-order valence-corrected chi connectivity index (χ0v) is 14.4. The van der Waals surface area contributed by atoms with Gasteiger partial charge in [-0.2, -0.15) is 5.26 Å². The van der Waals surface area contributed by atoms with E-state index in [0.29, 0.717) is 17.1 Å². The molecule has 1 aromatic carbocycles. The molecule has 1 aliphatic heterocycles. The predicted octanol–water partition coefficient (Wildman–Crippen LogP) is 1.95. The first-order valence-electron chi connectivity index (χ1n) is 8.39. The van der Waals surface area contributed by atoms with Gasteiger partial charge < -0.3 is 19.7 Å². The van der Waals surface area contributed by atoms with Crippen molar-refractivity contribution in [1.29, 1.82) is 5.26 Å². The third kappa shape index (κ3) is 2.48. The van der Waals surface area contributed by atoms with Crippen LogP contribution in [0.1, 0.15) is 16.7 Å². The average Bonchev–Trinajstić information content (AvgIpc) is 3.04. The lowest BCUT2D eigenvalue weighted by atomic mass is 10.0. The van der Waals surface area contributed by atoms with Crippen LogP contribution in [0.4, 0.5) is 5.82 Å². The van der Waals surface area contributed by atoms with Crippen molar-refractivity contribution in [1.82, 2.24) is 10.3 Å². The Morgan fingerprint density at radius 3 is 2.52 bits per heavy atom. The van der Waals surface area contributed by atoms with E-state index in [1.54, 1.807) is 14.2 Å². The Kier molecular flexibility index (Phi) is 3.94. The number of ether oxygens (including phenoxy) is 2. The Hall–Kier alpha value is -2.78. The van der Waals surface area contributed by atoms with Gasteiger partial charge in [0, 0.05) is 44.4 Å². The quantitative estimate of drug-likeness (QED) is 0.788. The Bertz CT molecular complexity index is 867. The molecule has 0 atom stereocenters. The van der Waals surface area contributed by atoms with Gasteiger partial charge in [-0.05, 0) is 28.8 Å². The zero-order valence-electron chi connectivity index (χ0n) is 14.4. The highest BCUT2D eigenvalue weighted by Crippen LogP contribution is 2.45. The number of nitrogens with one attached hydrogen (secondary N) is 1. The predicted molar refractivity (Wildman–Crippen MR) is 95.4 cm³/mol. The van der Waals surface area contributed by atoms with Crippen molar-refractivity contribution in [3.63, 3.8) is 0 Å². The van der Waals surface area contributed by atoms with Gasteiger partial charge >= 0.3 is 0 Å². The number of nitrogens with zero attached hydrogens (tertiary/aromatic N) is 3. The van der Waals surface area contributed by atoms with Crippen LogP contribution in [-0.4, -0.2) is 45.4 Å². The van der Waals surface area contributed by atoms with Crippen LogP contribution < -0.4 is 19.7 Å². The van der Waals surface area contributed by atoms with Gasteiger partial charge in [0.1, 0.15) is 17.5 Å². The molecule has 0 saturated carbocycles. The molecule has 4 rings (SSSR count). The lowest BCUT2D eigenvalue weighted by Crippen LogP contribution is -2.44. The first-order chi connectivity index (χ1) is 12.3. The Morgan fingerprint density at radius 2 is 1.84 bits per heavy atom. The molecule has 6 heteroatoms. The molecule has 128 valence electrons. The highest BCUT2D eigenvalue weighted by molar-refractivity contribution is 5.86. The summed E-state index contributed by atoms with van der Waals surface area (Å²) in [5.41, 5.74) is 4.92. The van der Waals surface area contributed by atoms with Gasteiger partial charge in [0.25, 0.3) is 0 Å². The first-order valence-corrected chi connectivity index (χ1v) is 8.39. The summed E-state index contributed by atoms with van der Waals surface area (Å²) in [5, 5.41) is 13.2. The maximum absolute atomic E-state index is 9.88. The number of piperazine rings is 1. The molecule has 1 N–H and O–H groups in total. The molecule has 2 heterocycles. The van der Waals surface area contributed by atoms with Gasteiger partial charge in [0.15, 0.2) is 11.5 Å². The fourth-order valence-electron chi connectivity index (χ4n) is 3.71. The van der Waals surface area contributed by atoms with Crippen LogP contribution in [0.2, 0.25) is 0 Å². The molecule has 2 aromatic rings. The fourth-order valence-corrected chi connectivity index (χ4v) is 3.71. The summed E-state index contributed by atoms with van der Waals surface area (Å²) in [7, 11) is 3.27. The number of aromatic nitrogens is 1. The first kappa shape index (κ1) is 15.7. The van der Waals surface area contributed by atoms with Crippen LogP contribution in [0, 0.1) is 11.3 Å². The fraction of sp³-hybridized carbons (Fsp3) is 0.368. The minimum Gasteiger partial charge on any atom is -0.493 e. The van der Waals surface area contributed by atoms with E-state index in [4.69, 9.17) is 9.47 Å². The van der Waals surface area contributed by atoms with E-state index < -0.39 is 0 Å². The smallest absolute Gasteiger partial charge is 0.161 e. The molecule has 0 amide bonds. The number of hydrogen-bond donors (Lipinski definition) is 1. The largest absolute Gasteiger partial charge is 0.493 e. The summed E-state index contributed by atoms with van der Waals surface area (Å²) in [4.78, 5) is 6.81. The highest BCUT2D eigenvalue weighted by atomic mass is 16.5. The van der Waals surface area contributed by atoms with Crippen LogP contribution in [0.3, 0.4) is 0 Å². The molecule has 1 aliphatic carbocycles. The van der Waals surface area contributed by atoms with E-state index in [1.165, 1.54) is 0 Å². The van der Waals surface area contributed by atoms with Gasteiger partial charge in [-0.3, -0.25) is 0 Å². The Labute approximate surface area is 147 Å². The van der Waals surface area contributed by atoms with E-state index in [0.717, 1.165) is 60.7 Å². The normalized spacial score (nSPS) is 15.3. The van der Waals surface area contributed by atoms with Crippen molar-refractivity contribution in [2.24, 2.45) is 0 Å². The van der Waals surface area contributed by atoms with Crippen molar-refractivity contribution in [2.75, 3.05) is 45.3 Å². The molecule has 6 nitrogen and oxygen atoms in total. The Morgan fingerprint density at radius 1 is 1.12 bits per heavy atom. The second kappa shape index (κ2) is 6.26.